The lowest BCUT2D eigenvalue weighted by molar-refractivity contribution is -0.121. The first-order chi connectivity index (χ1) is 12.7. The smallest absolute Gasteiger partial charge is 0.221 e. The number of hydrogen-bond donors (Lipinski definition) is 2. The van der Waals surface area contributed by atoms with Crippen molar-refractivity contribution in [3.8, 4) is 11.5 Å². The molecular formula is C20H31N3O3. The maximum absolute atomic E-state index is 11.7. The largest absolute Gasteiger partial charge is 0.493 e. The summed E-state index contributed by atoms with van der Waals surface area (Å²) < 4.78 is 11.1. The van der Waals surface area contributed by atoms with Crippen LogP contribution in [-0.2, 0) is 11.3 Å². The Balaban J connectivity index is 1.99. The van der Waals surface area contributed by atoms with Gasteiger partial charge in [0.1, 0.15) is 6.61 Å². The number of nitrogens with one attached hydrogen (secondary N) is 1. The molecule has 6 heteroatoms. The van der Waals surface area contributed by atoms with Crippen LogP contribution in [0.1, 0.15) is 31.2 Å². The van der Waals surface area contributed by atoms with E-state index in [1.54, 1.807) is 13.2 Å². The fraction of sp³-hybridized carbons (Fsp3) is 0.550. The summed E-state index contributed by atoms with van der Waals surface area (Å²) in [6.07, 6.45) is 5.58. The molecule has 6 nitrogen and oxygen atoms in total. The molecule has 1 unspecified atom stereocenters. The van der Waals surface area contributed by atoms with Crippen molar-refractivity contribution in [2.24, 2.45) is 5.73 Å². The Kier molecular flexibility index (Phi) is 8.44. The lowest BCUT2D eigenvalue weighted by Crippen LogP contribution is -2.46. The van der Waals surface area contributed by atoms with E-state index in [2.05, 4.69) is 22.9 Å². The summed E-state index contributed by atoms with van der Waals surface area (Å²) in [6.45, 7) is 7.05. The van der Waals surface area contributed by atoms with Crippen LogP contribution in [0, 0.1) is 0 Å². The zero-order valence-corrected chi connectivity index (χ0v) is 15.7. The number of carbonyl (C=O) groups excluding carboxylic acids is 1. The van der Waals surface area contributed by atoms with Crippen molar-refractivity contribution < 1.29 is 14.3 Å². The van der Waals surface area contributed by atoms with Crippen LogP contribution in [0.3, 0.4) is 0 Å². The van der Waals surface area contributed by atoms with Gasteiger partial charge in [0.2, 0.25) is 5.91 Å². The van der Waals surface area contributed by atoms with Gasteiger partial charge in [-0.3, -0.25) is 9.69 Å². The second kappa shape index (κ2) is 10.8. The Bertz CT molecular complexity index is 592. The molecule has 1 fully saturated rings. The number of nitrogens with two attached hydrogens (primary N) is 1. The summed E-state index contributed by atoms with van der Waals surface area (Å²) in [5.41, 5.74) is 6.61. The summed E-state index contributed by atoms with van der Waals surface area (Å²) >= 11 is 0. The zero-order chi connectivity index (χ0) is 18.8. The molecule has 1 saturated heterocycles. The molecule has 1 aliphatic heterocycles. The molecule has 1 atom stereocenters. The van der Waals surface area contributed by atoms with E-state index in [1.807, 2.05) is 12.1 Å². The van der Waals surface area contributed by atoms with Gasteiger partial charge < -0.3 is 20.5 Å². The third-order valence-corrected chi connectivity index (χ3v) is 4.63. The lowest BCUT2D eigenvalue weighted by Gasteiger charge is -2.36. The molecule has 144 valence electrons. The number of ether oxygens (including phenoxy) is 2. The molecule has 0 spiro atoms. The van der Waals surface area contributed by atoms with E-state index in [4.69, 9.17) is 15.2 Å². The van der Waals surface area contributed by atoms with Crippen LogP contribution >= 0.6 is 0 Å². The number of methoxy groups -OCH3 is 1. The fourth-order valence-corrected chi connectivity index (χ4v) is 3.26. The molecule has 0 radical (unpaired) electrons. The zero-order valence-electron chi connectivity index (χ0n) is 15.7. The highest BCUT2D eigenvalue weighted by Crippen LogP contribution is 2.29. The van der Waals surface area contributed by atoms with Gasteiger partial charge in [-0.15, -0.1) is 0 Å². The third kappa shape index (κ3) is 6.04. The van der Waals surface area contributed by atoms with Crippen molar-refractivity contribution in [2.45, 2.75) is 38.3 Å². The Hall–Kier alpha value is -2.05. The highest BCUT2D eigenvalue weighted by atomic mass is 16.5. The average molecular weight is 361 g/mol. The molecule has 26 heavy (non-hydrogen) atoms. The molecule has 2 rings (SSSR count). The molecule has 0 saturated carbocycles. The normalized spacial score (nSPS) is 17.5. The van der Waals surface area contributed by atoms with Crippen LogP contribution in [0.4, 0.5) is 0 Å². The predicted molar refractivity (Wildman–Crippen MR) is 103 cm³/mol. The quantitative estimate of drug-likeness (QED) is 0.624. The van der Waals surface area contributed by atoms with Gasteiger partial charge in [-0.25, -0.2) is 0 Å². The Labute approximate surface area is 156 Å². The van der Waals surface area contributed by atoms with Gasteiger partial charge in [-0.2, -0.15) is 0 Å². The minimum atomic E-state index is 0.0309. The van der Waals surface area contributed by atoms with Gasteiger partial charge in [0.15, 0.2) is 11.5 Å². The summed E-state index contributed by atoms with van der Waals surface area (Å²) in [5, 5.41) is 3.01. The predicted octanol–water partition coefficient (Wildman–Crippen LogP) is 2.08. The molecule has 1 aliphatic rings. The van der Waals surface area contributed by atoms with Crippen LogP contribution in [0.2, 0.25) is 0 Å². The van der Waals surface area contributed by atoms with Gasteiger partial charge in [0.05, 0.1) is 7.11 Å². The van der Waals surface area contributed by atoms with Crippen LogP contribution in [-0.4, -0.2) is 50.2 Å². The van der Waals surface area contributed by atoms with E-state index in [-0.39, 0.29) is 5.91 Å². The number of benzene rings is 1. The van der Waals surface area contributed by atoms with Crippen molar-refractivity contribution in [3.05, 3.63) is 36.4 Å². The maximum atomic E-state index is 11.7. The second-order valence-electron chi connectivity index (χ2n) is 6.55. The van der Waals surface area contributed by atoms with Crippen molar-refractivity contribution >= 4 is 5.91 Å². The first-order valence-corrected chi connectivity index (χ1v) is 9.29. The molecule has 1 amide bonds. The fourth-order valence-electron chi connectivity index (χ4n) is 3.26. The van der Waals surface area contributed by atoms with Crippen molar-refractivity contribution in [1.29, 1.82) is 0 Å². The number of amides is 1. The molecule has 0 aromatic heterocycles. The van der Waals surface area contributed by atoms with E-state index < -0.39 is 0 Å². The van der Waals surface area contributed by atoms with Crippen molar-refractivity contribution in [3.63, 3.8) is 0 Å². The lowest BCUT2D eigenvalue weighted by atomic mass is 10.0. The van der Waals surface area contributed by atoms with Crippen LogP contribution in [0.5, 0.6) is 11.5 Å². The topological polar surface area (TPSA) is 76.8 Å². The molecule has 1 aromatic carbocycles. The highest BCUT2D eigenvalue weighted by Gasteiger charge is 2.23. The Morgan fingerprint density at radius 3 is 3.00 bits per heavy atom. The van der Waals surface area contributed by atoms with Crippen molar-refractivity contribution in [1.82, 2.24) is 10.2 Å². The van der Waals surface area contributed by atoms with E-state index in [9.17, 15) is 4.79 Å². The van der Waals surface area contributed by atoms with Gasteiger partial charge in [-0.05, 0) is 37.1 Å². The standard InChI is InChI=1S/C20H31N3O3/c1-3-12-26-18-8-7-16(13-19(18)25-2)15-23-11-5-4-6-17(23)14-22-20(24)9-10-21/h3,7-8,13,17H,1,4-6,9-12,14-15,21H2,2H3,(H,22,24). The van der Waals surface area contributed by atoms with Crippen molar-refractivity contribution in [2.75, 3.05) is 33.4 Å². The third-order valence-electron chi connectivity index (χ3n) is 4.63. The number of rotatable bonds is 10. The van der Waals surface area contributed by atoms with E-state index in [0.717, 1.165) is 31.0 Å². The number of piperidine rings is 1. The minimum Gasteiger partial charge on any atom is -0.493 e. The van der Waals surface area contributed by atoms with Gasteiger partial charge in [0.25, 0.3) is 0 Å². The molecule has 0 bridgehead atoms. The molecule has 1 heterocycles. The van der Waals surface area contributed by atoms with Crippen LogP contribution < -0.4 is 20.5 Å². The molecule has 0 aliphatic carbocycles. The van der Waals surface area contributed by atoms with E-state index >= 15 is 0 Å². The van der Waals surface area contributed by atoms with Gasteiger partial charge >= 0.3 is 0 Å². The summed E-state index contributed by atoms with van der Waals surface area (Å²) in [7, 11) is 1.65. The second-order valence-corrected chi connectivity index (χ2v) is 6.55. The number of nitrogens with zero attached hydrogens (tertiary/aromatic N) is 1. The molecule has 1 aromatic rings. The van der Waals surface area contributed by atoms with E-state index in [1.165, 1.54) is 18.4 Å². The molecule has 3 N–H and O–H groups in total. The first kappa shape index (κ1) is 20.3. The van der Waals surface area contributed by atoms with Gasteiger partial charge in [-0.1, -0.05) is 25.1 Å². The van der Waals surface area contributed by atoms with Crippen LogP contribution in [0.15, 0.2) is 30.9 Å². The number of carbonyl (C=O) groups is 1. The Morgan fingerprint density at radius 1 is 1.42 bits per heavy atom. The monoisotopic (exact) mass is 361 g/mol. The SMILES string of the molecule is C=CCOc1ccc(CN2CCCCC2CNC(=O)CCN)cc1OC. The first-order valence-electron chi connectivity index (χ1n) is 9.29. The highest BCUT2D eigenvalue weighted by molar-refractivity contribution is 5.76. The van der Waals surface area contributed by atoms with Crippen LogP contribution in [0.25, 0.3) is 0 Å². The minimum absolute atomic E-state index is 0.0309. The summed E-state index contributed by atoms with van der Waals surface area (Å²) in [4.78, 5) is 14.1. The van der Waals surface area contributed by atoms with Gasteiger partial charge in [0, 0.05) is 32.1 Å². The number of hydrogen-bond acceptors (Lipinski definition) is 5. The number of likely N-dealkylation sites (tertiary alicyclic amines) is 1. The average Bonchev–Trinajstić information content (AvgIpc) is 2.66. The van der Waals surface area contributed by atoms with E-state index in [0.29, 0.717) is 32.2 Å². The summed E-state index contributed by atoms with van der Waals surface area (Å²) in [5.74, 6) is 1.48. The Morgan fingerprint density at radius 2 is 2.27 bits per heavy atom. The summed E-state index contributed by atoms with van der Waals surface area (Å²) in [6, 6.07) is 6.39. The maximum Gasteiger partial charge on any atom is 0.221 e. The molecular weight excluding hydrogens is 330 g/mol.